The third-order valence-corrected chi connectivity index (χ3v) is 6.31. The van der Waals surface area contributed by atoms with Gasteiger partial charge in [0.2, 0.25) is 0 Å². The van der Waals surface area contributed by atoms with Crippen molar-refractivity contribution in [2.24, 2.45) is 0 Å². The van der Waals surface area contributed by atoms with E-state index in [2.05, 4.69) is 9.97 Å². The van der Waals surface area contributed by atoms with Crippen molar-refractivity contribution in [3.8, 4) is 0 Å². The van der Waals surface area contributed by atoms with Crippen LogP contribution in [0.2, 0.25) is 0 Å². The predicted octanol–water partition coefficient (Wildman–Crippen LogP) is 3.08. The highest BCUT2D eigenvalue weighted by Crippen LogP contribution is 2.27. The zero-order valence-corrected chi connectivity index (χ0v) is 18.6. The number of likely N-dealkylation sites (tertiary alicyclic amines) is 1. The molecule has 0 N–H and O–H groups in total. The summed E-state index contributed by atoms with van der Waals surface area (Å²) in [6.07, 6.45) is 4.83. The van der Waals surface area contributed by atoms with Crippen molar-refractivity contribution >= 4 is 16.9 Å². The Hall–Kier alpha value is -3.81. The minimum atomic E-state index is -0.0767. The number of piperidine rings is 1. The molecule has 5 rings (SSSR count). The first-order chi connectivity index (χ1) is 16.1. The maximum atomic E-state index is 13.1. The number of benzene rings is 2. The maximum Gasteiger partial charge on any atom is 0.346 e. The van der Waals surface area contributed by atoms with Crippen LogP contribution in [-0.2, 0) is 13.1 Å². The Morgan fingerprint density at radius 3 is 2.45 bits per heavy atom. The monoisotopic (exact) mass is 442 g/mol. The van der Waals surface area contributed by atoms with E-state index in [0.717, 1.165) is 29.7 Å². The molecule has 0 aliphatic carbocycles. The number of carbonyl (C=O) groups is 1. The van der Waals surface area contributed by atoms with E-state index in [1.165, 1.54) is 0 Å². The summed E-state index contributed by atoms with van der Waals surface area (Å²) in [6, 6.07) is 15.3. The summed E-state index contributed by atoms with van der Waals surface area (Å²) in [7, 11) is 0. The largest absolute Gasteiger partial charge is 0.346 e. The highest BCUT2D eigenvalue weighted by molar-refractivity contribution is 5.97. The Balaban J connectivity index is 1.30. The van der Waals surface area contributed by atoms with Gasteiger partial charge in [-0.15, -0.1) is 0 Å². The van der Waals surface area contributed by atoms with E-state index in [9.17, 15) is 9.59 Å². The van der Waals surface area contributed by atoms with Gasteiger partial charge in [0.25, 0.3) is 5.91 Å². The number of fused-ring (bicyclic) bond motifs is 1. The fourth-order valence-electron chi connectivity index (χ4n) is 4.54. The summed E-state index contributed by atoms with van der Waals surface area (Å²) >= 11 is 0. The Labute approximate surface area is 191 Å². The van der Waals surface area contributed by atoms with Crippen molar-refractivity contribution in [1.29, 1.82) is 0 Å². The molecule has 1 aliphatic heterocycles. The van der Waals surface area contributed by atoms with Crippen molar-refractivity contribution in [1.82, 2.24) is 29.2 Å². The van der Waals surface area contributed by atoms with E-state index in [0.29, 0.717) is 37.3 Å². The smallest absolute Gasteiger partial charge is 0.339 e. The molecule has 1 aliphatic rings. The minimum Gasteiger partial charge on any atom is -0.339 e. The lowest BCUT2D eigenvalue weighted by Gasteiger charge is -2.31. The van der Waals surface area contributed by atoms with Crippen LogP contribution < -0.4 is 5.69 Å². The van der Waals surface area contributed by atoms with Gasteiger partial charge in [0.05, 0.1) is 17.6 Å². The van der Waals surface area contributed by atoms with Crippen LogP contribution in [0.5, 0.6) is 0 Å². The van der Waals surface area contributed by atoms with Gasteiger partial charge in [-0.25, -0.2) is 9.48 Å². The summed E-state index contributed by atoms with van der Waals surface area (Å²) < 4.78 is 3.33. The molecule has 0 spiro atoms. The molecule has 33 heavy (non-hydrogen) atoms. The topological polar surface area (TPSA) is 85.9 Å². The number of carbonyl (C=O) groups excluding carboxylic acids is 1. The molecular weight excluding hydrogens is 416 g/mol. The Bertz CT molecular complexity index is 1340. The lowest BCUT2D eigenvalue weighted by molar-refractivity contribution is 0.0710. The van der Waals surface area contributed by atoms with Crippen LogP contribution in [0.3, 0.4) is 0 Å². The van der Waals surface area contributed by atoms with Crippen LogP contribution in [-0.4, -0.2) is 48.2 Å². The van der Waals surface area contributed by atoms with Crippen LogP contribution in [0, 0.1) is 0 Å². The number of amides is 1. The molecule has 0 saturated carbocycles. The van der Waals surface area contributed by atoms with E-state index < -0.39 is 0 Å². The quantitative estimate of drug-likeness (QED) is 0.474. The Morgan fingerprint density at radius 2 is 1.73 bits per heavy atom. The zero-order chi connectivity index (χ0) is 22.8. The maximum absolute atomic E-state index is 13.1. The van der Waals surface area contributed by atoms with Crippen molar-refractivity contribution in [3.05, 3.63) is 88.4 Å². The van der Waals surface area contributed by atoms with Gasteiger partial charge in [0.15, 0.2) is 0 Å². The van der Waals surface area contributed by atoms with Gasteiger partial charge in [-0.2, -0.15) is 5.10 Å². The summed E-state index contributed by atoms with van der Waals surface area (Å²) in [4.78, 5) is 36.4. The normalized spacial score (nSPS) is 14.6. The van der Waals surface area contributed by atoms with Gasteiger partial charge < -0.3 is 4.90 Å². The molecule has 8 heteroatoms. The van der Waals surface area contributed by atoms with Gasteiger partial charge in [-0.05, 0) is 43.5 Å². The second kappa shape index (κ2) is 8.97. The first-order valence-electron chi connectivity index (χ1n) is 11.4. The summed E-state index contributed by atoms with van der Waals surface area (Å²) in [5, 5.41) is 4.71. The predicted molar refractivity (Wildman–Crippen MR) is 125 cm³/mol. The van der Waals surface area contributed by atoms with Crippen LogP contribution in [0.4, 0.5) is 0 Å². The van der Waals surface area contributed by atoms with Crippen molar-refractivity contribution in [3.63, 3.8) is 0 Å². The van der Waals surface area contributed by atoms with Crippen LogP contribution >= 0.6 is 0 Å². The van der Waals surface area contributed by atoms with Gasteiger partial charge in [0.1, 0.15) is 5.82 Å². The number of aromatic nitrogens is 5. The first-order valence-corrected chi connectivity index (χ1v) is 11.4. The molecular formula is C25H26N6O2. The molecule has 0 bridgehead atoms. The van der Waals surface area contributed by atoms with Gasteiger partial charge in [0, 0.05) is 43.5 Å². The molecule has 3 heterocycles. The molecule has 4 aromatic rings. The molecule has 1 saturated heterocycles. The van der Waals surface area contributed by atoms with E-state index >= 15 is 0 Å². The number of rotatable bonds is 5. The lowest BCUT2D eigenvalue weighted by Crippen LogP contribution is -2.38. The summed E-state index contributed by atoms with van der Waals surface area (Å²) in [5.41, 5.74) is 3.09. The number of hydrogen-bond donors (Lipinski definition) is 0. The average molecular weight is 443 g/mol. The first kappa shape index (κ1) is 21.1. The average Bonchev–Trinajstić information content (AvgIpc) is 3.18. The van der Waals surface area contributed by atoms with Crippen molar-refractivity contribution < 1.29 is 4.79 Å². The second-order valence-electron chi connectivity index (χ2n) is 8.35. The Kier molecular flexibility index (Phi) is 5.73. The van der Waals surface area contributed by atoms with Crippen molar-refractivity contribution in [2.45, 2.75) is 38.8 Å². The van der Waals surface area contributed by atoms with Crippen LogP contribution in [0.25, 0.3) is 11.0 Å². The second-order valence-corrected chi connectivity index (χ2v) is 8.35. The molecule has 0 radical (unpaired) electrons. The van der Waals surface area contributed by atoms with Gasteiger partial charge >= 0.3 is 5.69 Å². The van der Waals surface area contributed by atoms with E-state index in [-0.39, 0.29) is 17.5 Å². The molecule has 1 amide bonds. The highest BCUT2D eigenvalue weighted by atomic mass is 16.2. The van der Waals surface area contributed by atoms with Crippen LogP contribution in [0.15, 0.2) is 65.7 Å². The standard InChI is InChI=1S/C25H26N6O2/c1-2-30-23(28-31(25(30)33)17-18-6-4-3-5-7-18)19-10-14-29(15-11-19)24(32)20-8-9-21-22(16-20)27-13-12-26-21/h3-9,12-13,16,19H,2,10-11,14-15,17H2,1H3. The molecule has 2 aromatic carbocycles. The van der Waals surface area contributed by atoms with Gasteiger partial charge in [-0.3, -0.25) is 19.3 Å². The Morgan fingerprint density at radius 1 is 1.00 bits per heavy atom. The molecule has 1 fully saturated rings. The molecule has 168 valence electrons. The lowest BCUT2D eigenvalue weighted by atomic mass is 9.95. The third-order valence-electron chi connectivity index (χ3n) is 6.31. The molecule has 2 aromatic heterocycles. The van der Waals surface area contributed by atoms with Crippen molar-refractivity contribution in [2.75, 3.05) is 13.1 Å². The number of hydrogen-bond acceptors (Lipinski definition) is 5. The highest BCUT2D eigenvalue weighted by Gasteiger charge is 2.29. The van der Waals surface area contributed by atoms with E-state index in [4.69, 9.17) is 5.10 Å². The fourth-order valence-corrected chi connectivity index (χ4v) is 4.54. The minimum absolute atomic E-state index is 0.00323. The fraction of sp³-hybridized carbons (Fsp3) is 0.320. The zero-order valence-electron chi connectivity index (χ0n) is 18.6. The van der Waals surface area contributed by atoms with Crippen LogP contribution in [0.1, 0.15) is 47.4 Å². The van der Waals surface area contributed by atoms with E-state index in [1.807, 2.05) is 54.3 Å². The summed E-state index contributed by atoms with van der Waals surface area (Å²) in [5.74, 6) is 0.983. The third kappa shape index (κ3) is 4.16. The number of nitrogens with zero attached hydrogens (tertiary/aromatic N) is 6. The van der Waals surface area contributed by atoms with E-state index in [1.54, 1.807) is 27.7 Å². The van der Waals surface area contributed by atoms with Gasteiger partial charge in [-0.1, -0.05) is 30.3 Å². The SMILES string of the molecule is CCn1c(C2CCN(C(=O)c3ccc4nccnc4c3)CC2)nn(Cc2ccccc2)c1=O. The molecule has 8 nitrogen and oxygen atoms in total. The molecule has 0 unspecified atom stereocenters. The molecule has 0 atom stereocenters. The summed E-state index contributed by atoms with van der Waals surface area (Å²) in [6.45, 7) is 4.28.